The molecule has 0 radical (unpaired) electrons. The summed E-state index contributed by atoms with van der Waals surface area (Å²) in [5.74, 6) is 1.07. The fraction of sp³-hybridized carbons (Fsp3) is 0.333. The number of pyridine rings is 2. The van der Waals surface area contributed by atoms with Gasteiger partial charge in [0.1, 0.15) is 11.6 Å². The fourth-order valence-electron chi connectivity index (χ4n) is 3.61. The van der Waals surface area contributed by atoms with Gasteiger partial charge >= 0.3 is 0 Å². The van der Waals surface area contributed by atoms with Gasteiger partial charge in [-0.3, -0.25) is 9.59 Å². The first-order valence-electron chi connectivity index (χ1n) is 8.26. The third-order valence-corrected chi connectivity index (χ3v) is 4.98. The molecule has 3 aliphatic carbocycles. The van der Waals surface area contributed by atoms with Crippen LogP contribution in [-0.4, -0.2) is 27.3 Å². The van der Waals surface area contributed by atoms with Crippen molar-refractivity contribution in [2.75, 3.05) is 11.1 Å². The summed E-state index contributed by atoms with van der Waals surface area (Å²) >= 11 is 0. The van der Waals surface area contributed by atoms with Gasteiger partial charge in [-0.05, 0) is 48.9 Å². The Hall–Kier alpha value is -2.96. The number of anilines is 2. The summed E-state index contributed by atoms with van der Waals surface area (Å²) in [7, 11) is 0. The second-order valence-electron chi connectivity index (χ2n) is 6.98. The molecule has 5 rings (SSSR count). The molecule has 2 aromatic heterocycles. The summed E-state index contributed by atoms with van der Waals surface area (Å²) < 4.78 is 0. The van der Waals surface area contributed by atoms with E-state index in [1.54, 1.807) is 30.6 Å². The summed E-state index contributed by atoms with van der Waals surface area (Å²) in [4.78, 5) is 32.0. The maximum absolute atomic E-state index is 12.6. The Balaban J connectivity index is 1.60. The first kappa shape index (κ1) is 15.6. The van der Waals surface area contributed by atoms with E-state index >= 15 is 0 Å². The molecule has 0 unspecified atom stereocenters. The van der Waals surface area contributed by atoms with Gasteiger partial charge in [0.25, 0.3) is 5.91 Å². The third kappa shape index (κ3) is 2.82. The Morgan fingerprint density at radius 2 is 1.96 bits per heavy atom. The van der Waals surface area contributed by atoms with Gasteiger partial charge in [-0.15, -0.1) is 0 Å². The van der Waals surface area contributed by atoms with E-state index < -0.39 is 0 Å². The van der Waals surface area contributed by atoms with Crippen LogP contribution in [0.4, 0.5) is 11.6 Å². The highest BCUT2D eigenvalue weighted by Crippen LogP contribution is 2.57. The average molecular weight is 337 g/mol. The van der Waals surface area contributed by atoms with E-state index in [-0.39, 0.29) is 23.2 Å². The van der Waals surface area contributed by atoms with E-state index in [4.69, 9.17) is 5.73 Å². The van der Waals surface area contributed by atoms with Gasteiger partial charge in [0.05, 0.1) is 5.56 Å². The van der Waals surface area contributed by atoms with Crippen molar-refractivity contribution in [3.63, 3.8) is 0 Å². The topological polar surface area (TPSA) is 110 Å². The van der Waals surface area contributed by atoms with Crippen LogP contribution in [-0.2, 0) is 4.79 Å². The summed E-state index contributed by atoms with van der Waals surface area (Å²) in [6.45, 7) is 1.42. The molecule has 3 fully saturated rings. The van der Waals surface area contributed by atoms with Gasteiger partial charge in [0.15, 0.2) is 0 Å². The van der Waals surface area contributed by atoms with Crippen molar-refractivity contribution < 1.29 is 9.59 Å². The van der Waals surface area contributed by atoms with Gasteiger partial charge in [0, 0.05) is 30.4 Å². The number of aromatic nitrogens is 2. The van der Waals surface area contributed by atoms with Crippen molar-refractivity contribution in [3.8, 4) is 11.1 Å². The third-order valence-electron chi connectivity index (χ3n) is 4.98. The van der Waals surface area contributed by atoms with Crippen LogP contribution in [0.15, 0.2) is 30.6 Å². The van der Waals surface area contributed by atoms with Crippen LogP contribution in [0.5, 0.6) is 0 Å². The summed E-state index contributed by atoms with van der Waals surface area (Å²) in [5.41, 5.74) is 7.81. The van der Waals surface area contributed by atoms with Crippen molar-refractivity contribution in [1.82, 2.24) is 15.3 Å². The second-order valence-corrected chi connectivity index (χ2v) is 6.98. The Morgan fingerprint density at radius 1 is 1.20 bits per heavy atom. The average Bonchev–Trinajstić information content (AvgIpc) is 2.49. The second kappa shape index (κ2) is 5.54. The molecule has 3 saturated carbocycles. The van der Waals surface area contributed by atoms with Crippen LogP contribution in [0.3, 0.4) is 0 Å². The standard InChI is InChI=1S/C18H19N5O2/c1-10(24)22-15-5-12(2-3-20-15)13-4-14(16(19)21-9-13)17(25)23-18-6-11(7-18)8-18/h2-5,9,11H,6-8H2,1H3,(H2,19,21)(H,23,25)(H,20,22,24). The maximum Gasteiger partial charge on any atom is 0.255 e. The van der Waals surface area contributed by atoms with Crippen molar-refractivity contribution >= 4 is 23.5 Å². The van der Waals surface area contributed by atoms with Crippen molar-refractivity contribution in [1.29, 1.82) is 0 Å². The van der Waals surface area contributed by atoms with E-state index in [2.05, 4.69) is 20.6 Å². The smallest absolute Gasteiger partial charge is 0.255 e. The van der Waals surface area contributed by atoms with E-state index in [1.807, 2.05) is 0 Å². The van der Waals surface area contributed by atoms with E-state index in [9.17, 15) is 9.59 Å². The quantitative estimate of drug-likeness (QED) is 0.790. The monoisotopic (exact) mass is 337 g/mol. The lowest BCUT2D eigenvalue weighted by atomic mass is 9.50. The summed E-state index contributed by atoms with van der Waals surface area (Å²) in [6.07, 6.45) is 6.40. The number of rotatable bonds is 4. The van der Waals surface area contributed by atoms with E-state index in [0.29, 0.717) is 11.4 Å². The highest BCUT2D eigenvalue weighted by atomic mass is 16.2. The largest absolute Gasteiger partial charge is 0.383 e. The predicted molar refractivity (Wildman–Crippen MR) is 93.7 cm³/mol. The lowest BCUT2D eigenvalue weighted by molar-refractivity contribution is -0.114. The molecule has 2 amide bonds. The van der Waals surface area contributed by atoms with E-state index in [0.717, 1.165) is 36.3 Å². The molecule has 0 spiro atoms. The minimum Gasteiger partial charge on any atom is -0.383 e. The molecule has 0 aromatic carbocycles. The minimum absolute atomic E-state index is 0.0144. The number of nitrogens with one attached hydrogen (secondary N) is 2. The van der Waals surface area contributed by atoms with Crippen LogP contribution in [0.2, 0.25) is 0 Å². The molecule has 7 nitrogen and oxygen atoms in total. The molecule has 0 atom stereocenters. The van der Waals surface area contributed by atoms with Crippen LogP contribution in [0.1, 0.15) is 36.5 Å². The number of amides is 2. The lowest BCUT2D eigenvalue weighted by Gasteiger charge is -2.61. The first-order valence-corrected chi connectivity index (χ1v) is 8.26. The molecule has 25 heavy (non-hydrogen) atoms. The van der Waals surface area contributed by atoms with Crippen molar-refractivity contribution in [2.24, 2.45) is 5.92 Å². The Kier molecular flexibility index (Phi) is 3.45. The first-order chi connectivity index (χ1) is 11.9. The van der Waals surface area contributed by atoms with E-state index in [1.165, 1.54) is 6.92 Å². The predicted octanol–water partition coefficient (Wildman–Crippen LogP) is 1.97. The fourth-order valence-corrected chi connectivity index (χ4v) is 3.61. The molecule has 4 N–H and O–H groups in total. The van der Waals surface area contributed by atoms with Crippen molar-refractivity contribution in [3.05, 3.63) is 36.2 Å². The molecular formula is C18H19N5O2. The number of nitrogen functional groups attached to an aromatic ring is 1. The minimum atomic E-state index is -0.196. The zero-order valence-corrected chi connectivity index (χ0v) is 13.9. The van der Waals surface area contributed by atoms with Gasteiger partial charge in [-0.1, -0.05) is 0 Å². The summed E-state index contributed by atoms with van der Waals surface area (Å²) in [5, 5.41) is 5.74. The molecule has 2 heterocycles. The van der Waals surface area contributed by atoms with Crippen LogP contribution >= 0.6 is 0 Å². The molecule has 128 valence electrons. The number of nitrogens with two attached hydrogens (primary N) is 1. The molecule has 2 bridgehead atoms. The zero-order chi connectivity index (χ0) is 17.6. The molecule has 0 aliphatic heterocycles. The number of hydrogen-bond acceptors (Lipinski definition) is 5. The number of carbonyl (C=O) groups is 2. The zero-order valence-electron chi connectivity index (χ0n) is 13.9. The Morgan fingerprint density at radius 3 is 2.60 bits per heavy atom. The number of hydrogen-bond donors (Lipinski definition) is 3. The number of nitrogens with zero attached hydrogens (tertiary/aromatic N) is 2. The Bertz CT molecular complexity index is 863. The van der Waals surface area contributed by atoms with Crippen LogP contribution in [0, 0.1) is 5.92 Å². The summed E-state index contributed by atoms with van der Waals surface area (Å²) in [6, 6.07) is 5.26. The highest BCUT2D eigenvalue weighted by Gasteiger charge is 2.57. The van der Waals surface area contributed by atoms with Gasteiger partial charge in [-0.25, -0.2) is 9.97 Å². The molecule has 3 aliphatic rings. The SMILES string of the molecule is CC(=O)Nc1cc(-c2cnc(N)c(C(=O)NC34CC(C3)C4)c2)ccn1. The normalized spacial score (nSPS) is 23.2. The lowest BCUT2D eigenvalue weighted by Crippen LogP contribution is -2.68. The van der Waals surface area contributed by atoms with Gasteiger partial charge < -0.3 is 16.4 Å². The van der Waals surface area contributed by atoms with Crippen molar-refractivity contribution in [2.45, 2.75) is 31.7 Å². The van der Waals surface area contributed by atoms with Crippen LogP contribution in [0.25, 0.3) is 11.1 Å². The molecular weight excluding hydrogens is 318 g/mol. The molecule has 7 heteroatoms. The number of carbonyl (C=O) groups excluding carboxylic acids is 2. The maximum atomic E-state index is 12.6. The highest BCUT2D eigenvalue weighted by molar-refractivity contribution is 6.00. The Labute approximate surface area is 145 Å². The molecule has 0 saturated heterocycles. The van der Waals surface area contributed by atoms with Gasteiger partial charge in [0.2, 0.25) is 5.91 Å². The molecule has 2 aromatic rings. The van der Waals surface area contributed by atoms with Crippen LogP contribution < -0.4 is 16.4 Å². The van der Waals surface area contributed by atoms with Gasteiger partial charge in [-0.2, -0.15) is 0 Å².